The molecule has 1 aliphatic carbocycles. The van der Waals surface area contributed by atoms with E-state index >= 15 is 0 Å². The van der Waals surface area contributed by atoms with Crippen LogP contribution in [0, 0.1) is 17.2 Å². The highest BCUT2D eigenvalue weighted by Crippen LogP contribution is 2.38. The van der Waals surface area contributed by atoms with Crippen molar-refractivity contribution in [2.24, 2.45) is 5.92 Å². The van der Waals surface area contributed by atoms with Crippen LogP contribution in [0.5, 0.6) is 0 Å². The van der Waals surface area contributed by atoms with Crippen molar-refractivity contribution in [3.05, 3.63) is 70.4 Å². The SMILES string of the molecule is CCCCCCC1CCc2c(n(Cc3ccccc3C#N)c3c(C(=O)O)cccc23)C1. The summed E-state index contributed by atoms with van der Waals surface area (Å²) < 4.78 is 2.20. The number of hydrogen-bond acceptors (Lipinski definition) is 2. The number of carboxylic acids is 1. The van der Waals surface area contributed by atoms with Crippen molar-refractivity contribution in [3.8, 4) is 6.07 Å². The van der Waals surface area contributed by atoms with Gasteiger partial charge in [0.25, 0.3) is 0 Å². The highest BCUT2D eigenvalue weighted by atomic mass is 16.4. The lowest BCUT2D eigenvalue weighted by molar-refractivity contribution is 0.0698. The van der Waals surface area contributed by atoms with E-state index in [0.29, 0.717) is 23.6 Å². The fourth-order valence-corrected chi connectivity index (χ4v) is 5.16. The molecule has 4 nitrogen and oxygen atoms in total. The molecule has 0 aliphatic heterocycles. The number of hydrogen-bond donors (Lipinski definition) is 1. The van der Waals surface area contributed by atoms with E-state index in [9.17, 15) is 15.2 Å². The molecule has 0 saturated carbocycles. The molecule has 3 aromatic rings. The number of aromatic nitrogens is 1. The fraction of sp³-hybridized carbons (Fsp3) is 0.407. The average molecular weight is 415 g/mol. The summed E-state index contributed by atoms with van der Waals surface area (Å²) in [5.41, 5.74) is 5.31. The summed E-state index contributed by atoms with van der Waals surface area (Å²) in [4.78, 5) is 12.1. The van der Waals surface area contributed by atoms with Gasteiger partial charge in [-0.05, 0) is 48.4 Å². The predicted molar refractivity (Wildman–Crippen MR) is 123 cm³/mol. The molecule has 1 aromatic heterocycles. The van der Waals surface area contributed by atoms with Gasteiger partial charge in [-0.2, -0.15) is 5.26 Å². The normalized spacial score (nSPS) is 15.5. The molecule has 1 aliphatic rings. The Hall–Kier alpha value is -3.06. The number of nitriles is 1. The highest BCUT2D eigenvalue weighted by Gasteiger charge is 2.27. The summed E-state index contributed by atoms with van der Waals surface area (Å²) in [6, 6.07) is 15.5. The quantitative estimate of drug-likeness (QED) is 0.438. The molecular weight excluding hydrogens is 384 g/mol. The van der Waals surface area contributed by atoms with Gasteiger partial charge in [-0.1, -0.05) is 69.4 Å². The molecule has 0 spiro atoms. The second kappa shape index (κ2) is 9.39. The smallest absolute Gasteiger partial charge is 0.337 e. The lowest BCUT2D eigenvalue weighted by Gasteiger charge is -2.25. The highest BCUT2D eigenvalue weighted by molar-refractivity contribution is 6.04. The second-order valence-electron chi connectivity index (χ2n) is 8.75. The minimum Gasteiger partial charge on any atom is -0.478 e. The maximum Gasteiger partial charge on any atom is 0.337 e. The number of nitrogens with zero attached hydrogens (tertiary/aromatic N) is 2. The van der Waals surface area contributed by atoms with Gasteiger partial charge in [-0.25, -0.2) is 4.79 Å². The number of fused-ring (bicyclic) bond motifs is 3. The molecule has 2 aromatic carbocycles. The van der Waals surface area contributed by atoms with E-state index in [1.807, 2.05) is 30.3 Å². The van der Waals surface area contributed by atoms with E-state index in [2.05, 4.69) is 23.6 Å². The summed E-state index contributed by atoms with van der Waals surface area (Å²) in [5.74, 6) is -0.252. The minimum atomic E-state index is -0.897. The molecule has 1 N–H and O–H groups in total. The molecule has 1 unspecified atom stereocenters. The zero-order chi connectivity index (χ0) is 21.8. The van der Waals surface area contributed by atoms with E-state index in [1.54, 1.807) is 6.07 Å². The van der Waals surface area contributed by atoms with Crippen molar-refractivity contribution in [3.63, 3.8) is 0 Å². The fourth-order valence-electron chi connectivity index (χ4n) is 5.16. The number of benzene rings is 2. The summed E-state index contributed by atoms with van der Waals surface area (Å²) in [5, 5.41) is 20.5. The Morgan fingerprint density at radius 2 is 2.00 bits per heavy atom. The molecule has 0 saturated heterocycles. The van der Waals surface area contributed by atoms with Crippen LogP contribution >= 0.6 is 0 Å². The first-order valence-electron chi connectivity index (χ1n) is 11.5. The third-order valence-corrected chi connectivity index (χ3v) is 6.75. The molecule has 1 atom stereocenters. The van der Waals surface area contributed by atoms with E-state index in [-0.39, 0.29) is 0 Å². The van der Waals surface area contributed by atoms with E-state index in [4.69, 9.17) is 0 Å². The molecule has 0 bridgehead atoms. The minimum absolute atomic E-state index is 0.348. The van der Waals surface area contributed by atoms with Crippen molar-refractivity contribution in [2.45, 2.75) is 64.8 Å². The van der Waals surface area contributed by atoms with Crippen LogP contribution in [0.1, 0.15) is 78.2 Å². The van der Waals surface area contributed by atoms with Crippen LogP contribution in [0.25, 0.3) is 10.9 Å². The van der Waals surface area contributed by atoms with Gasteiger partial charge in [-0.3, -0.25) is 0 Å². The Kier molecular flexibility index (Phi) is 6.42. The van der Waals surface area contributed by atoms with Gasteiger partial charge in [-0.15, -0.1) is 0 Å². The third kappa shape index (κ3) is 4.23. The first-order chi connectivity index (χ1) is 15.1. The monoisotopic (exact) mass is 414 g/mol. The number of rotatable bonds is 8. The van der Waals surface area contributed by atoms with Gasteiger partial charge in [0.05, 0.1) is 22.7 Å². The lowest BCUT2D eigenvalue weighted by Crippen LogP contribution is -2.18. The van der Waals surface area contributed by atoms with Crippen LogP contribution in [0.4, 0.5) is 0 Å². The number of carbonyl (C=O) groups is 1. The lowest BCUT2D eigenvalue weighted by atomic mass is 9.83. The second-order valence-corrected chi connectivity index (χ2v) is 8.75. The molecule has 0 amide bonds. The molecule has 4 heteroatoms. The van der Waals surface area contributed by atoms with Crippen molar-refractivity contribution in [1.29, 1.82) is 5.26 Å². The summed E-state index contributed by atoms with van der Waals surface area (Å²) in [7, 11) is 0. The number of unbranched alkanes of at least 4 members (excludes halogenated alkanes) is 3. The maximum atomic E-state index is 12.1. The Morgan fingerprint density at radius 3 is 2.77 bits per heavy atom. The molecule has 31 heavy (non-hydrogen) atoms. The Bertz CT molecular complexity index is 1140. The van der Waals surface area contributed by atoms with Gasteiger partial charge >= 0.3 is 5.97 Å². The van der Waals surface area contributed by atoms with Gasteiger partial charge in [0.1, 0.15) is 0 Å². The molecular formula is C27H30N2O2. The number of aromatic carboxylic acids is 1. The zero-order valence-corrected chi connectivity index (χ0v) is 18.2. The van der Waals surface area contributed by atoms with Crippen molar-refractivity contribution >= 4 is 16.9 Å². The third-order valence-electron chi connectivity index (χ3n) is 6.75. The predicted octanol–water partition coefficient (Wildman–Crippen LogP) is 6.33. The largest absolute Gasteiger partial charge is 0.478 e. The summed E-state index contributed by atoms with van der Waals surface area (Å²) in [6.07, 6.45) is 9.51. The van der Waals surface area contributed by atoms with Crippen LogP contribution in [-0.4, -0.2) is 15.6 Å². The molecule has 0 radical (unpaired) electrons. The average Bonchev–Trinajstić information content (AvgIpc) is 3.10. The number of carboxylic acid groups (broad SMARTS) is 1. The first kappa shape index (κ1) is 21.2. The van der Waals surface area contributed by atoms with Gasteiger partial charge in [0.15, 0.2) is 0 Å². The van der Waals surface area contributed by atoms with Gasteiger partial charge < -0.3 is 9.67 Å². The van der Waals surface area contributed by atoms with Crippen LogP contribution in [0.2, 0.25) is 0 Å². The van der Waals surface area contributed by atoms with E-state index in [1.165, 1.54) is 49.8 Å². The first-order valence-corrected chi connectivity index (χ1v) is 11.5. The molecule has 160 valence electrons. The maximum absolute atomic E-state index is 12.1. The Labute approximate surface area is 184 Å². The standard InChI is InChI=1S/C27H30N2O2/c1-2-3-4-5-9-19-14-15-22-23-12-8-13-24(27(30)31)26(23)29(25(22)16-19)18-21-11-7-6-10-20(21)17-28/h6-8,10-13,19H,2-5,9,14-16,18H2,1H3,(H,30,31). The Balaban J connectivity index is 1.78. The van der Waals surface area contributed by atoms with E-state index < -0.39 is 5.97 Å². The summed E-state index contributed by atoms with van der Waals surface area (Å²) in [6.45, 7) is 2.77. The molecule has 4 rings (SSSR count). The van der Waals surface area contributed by atoms with Gasteiger partial charge in [0.2, 0.25) is 0 Å². The molecule has 0 fully saturated rings. The number of para-hydroxylation sites is 1. The molecule has 1 heterocycles. The van der Waals surface area contributed by atoms with Gasteiger partial charge in [0, 0.05) is 17.6 Å². The topological polar surface area (TPSA) is 66.0 Å². The van der Waals surface area contributed by atoms with Crippen molar-refractivity contribution in [2.75, 3.05) is 0 Å². The summed E-state index contributed by atoms with van der Waals surface area (Å²) >= 11 is 0. The Morgan fingerprint density at radius 1 is 1.16 bits per heavy atom. The van der Waals surface area contributed by atoms with Crippen molar-refractivity contribution < 1.29 is 9.90 Å². The van der Waals surface area contributed by atoms with Crippen LogP contribution in [0.15, 0.2) is 42.5 Å². The van der Waals surface area contributed by atoms with Crippen molar-refractivity contribution in [1.82, 2.24) is 4.57 Å². The van der Waals surface area contributed by atoms with Crippen LogP contribution in [0.3, 0.4) is 0 Å². The van der Waals surface area contributed by atoms with Crippen LogP contribution in [-0.2, 0) is 19.4 Å². The zero-order valence-electron chi connectivity index (χ0n) is 18.2. The van der Waals surface area contributed by atoms with Crippen LogP contribution < -0.4 is 0 Å². The van der Waals surface area contributed by atoms with E-state index in [0.717, 1.165) is 29.3 Å². The number of aryl methyl sites for hydroxylation is 1.